The number of halogens is 4. The minimum atomic E-state index is -4.56. The monoisotopic (exact) mass is 457 g/mol. The van der Waals surface area contributed by atoms with E-state index in [9.17, 15) is 18.0 Å². The molecule has 0 unspecified atom stereocenters. The average molecular weight is 458 g/mol. The standard InChI is InChI=1S/C19H15ClF3N3O3S/c1-11-3-2-4-13(7-11)28-10-17-25-26(18(30)29-17)9-16(27)24-15-8-12(19(21,22)23)5-6-14(15)20/h2-8H,9-10H2,1H3,(H,24,27). The summed E-state index contributed by atoms with van der Waals surface area (Å²) in [4.78, 5) is 12.2. The van der Waals surface area contributed by atoms with Gasteiger partial charge in [-0.1, -0.05) is 23.7 Å². The lowest BCUT2D eigenvalue weighted by molar-refractivity contribution is -0.137. The summed E-state index contributed by atoms with van der Waals surface area (Å²) in [6.07, 6.45) is -4.56. The number of rotatable bonds is 6. The highest BCUT2D eigenvalue weighted by atomic mass is 35.5. The van der Waals surface area contributed by atoms with Crippen molar-refractivity contribution in [3.8, 4) is 5.75 Å². The number of anilines is 1. The lowest BCUT2D eigenvalue weighted by atomic mass is 10.2. The molecule has 158 valence electrons. The molecule has 3 rings (SSSR count). The van der Waals surface area contributed by atoms with Crippen molar-refractivity contribution < 1.29 is 27.1 Å². The number of carbonyl (C=O) groups excluding carboxylic acids is 1. The van der Waals surface area contributed by atoms with Gasteiger partial charge in [0.1, 0.15) is 12.3 Å². The lowest BCUT2D eigenvalue weighted by Gasteiger charge is -2.11. The maximum absolute atomic E-state index is 12.8. The molecule has 0 saturated carbocycles. The van der Waals surface area contributed by atoms with Gasteiger partial charge in [-0.2, -0.15) is 13.2 Å². The molecule has 1 amide bonds. The maximum Gasteiger partial charge on any atom is 0.416 e. The van der Waals surface area contributed by atoms with Crippen LogP contribution in [0, 0.1) is 11.8 Å². The number of alkyl halides is 3. The second kappa shape index (κ2) is 8.88. The Hall–Kier alpha value is -2.85. The third-order valence-electron chi connectivity index (χ3n) is 3.86. The van der Waals surface area contributed by atoms with Crippen LogP contribution in [0.25, 0.3) is 0 Å². The lowest BCUT2D eigenvalue weighted by Crippen LogP contribution is -2.20. The molecular weight excluding hydrogens is 443 g/mol. The number of nitrogens with one attached hydrogen (secondary N) is 1. The third kappa shape index (κ3) is 5.61. The van der Waals surface area contributed by atoms with Crippen LogP contribution in [0.5, 0.6) is 5.75 Å². The third-order valence-corrected chi connectivity index (χ3v) is 4.48. The first-order chi connectivity index (χ1) is 14.1. The number of hydrogen-bond acceptors (Lipinski definition) is 5. The normalized spacial score (nSPS) is 11.4. The van der Waals surface area contributed by atoms with Crippen molar-refractivity contribution in [3.63, 3.8) is 0 Å². The molecule has 2 aromatic carbocycles. The van der Waals surface area contributed by atoms with Gasteiger partial charge in [-0.05, 0) is 55.0 Å². The topological polar surface area (TPSA) is 69.3 Å². The molecule has 0 fully saturated rings. The molecule has 0 spiro atoms. The zero-order valence-electron chi connectivity index (χ0n) is 15.5. The first-order valence-electron chi connectivity index (χ1n) is 8.55. The quantitative estimate of drug-likeness (QED) is 0.502. The minimum absolute atomic E-state index is 0.0127. The molecule has 1 heterocycles. The fraction of sp³-hybridized carbons (Fsp3) is 0.211. The van der Waals surface area contributed by atoms with Crippen LogP contribution in [-0.2, 0) is 24.1 Å². The molecular formula is C19H15ClF3N3O3S. The molecule has 0 atom stereocenters. The summed E-state index contributed by atoms with van der Waals surface area (Å²) < 4.78 is 50.5. The Morgan fingerprint density at radius 3 is 2.77 bits per heavy atom. The second-order valence-electron chi connectivity index (χ2n) is 6.27. The van der Waals surface area contributed by atoms with E-state index in [1.165, 1.54) is 0 Å². The Morgan fingerprint density at radius 2 is 2.07 bits per heavy atom. The van der Waals surface area contributed by atoms with Crippen molar-refractivity contribution >= 4 is 35.4 Å². The van der Waals surface area contributed by atoms with E-state index in [4.69, 9.17) is 33.0 Å². The second-order valence-corrected chi connectivity index (χ2v) is 7.02. The summed E-state index contributed by atoms with van der Waals surface area (Å²) in [7, 11) is 0. The van der Waals surface area contributed by atoms with Gasteiger partial charge < -0.3 is 14.5 Å². The van der Waals surface area contributed by atoms with Crippen LogP contribution >= 0.6 is 23.8 Å². The van der Waals surface area contributed by atoms with Gasteiger partial charge in [0.05, 0.1) is 16.3 Å². The van der Waals surface area contributed by atoms with E-state index >= 15 is 0 Å². The van der Waals surface area contributed by atoms with E-state index in [0.717, 1.165) is 28.4 Å². The van der Waals surface area contributed by atoms with Gasteiger partial charge in [0.15, 0.2) is 6.61 Å². The van der Waals surface area contributed by atoms with Crippen molar-refractivity contribution in [1.82, 2.24) is 9.78 Å². The van der Waals surface area contributed by atoms with Gasteiger partial charge in [-0.3, -0.25) is 4.79 Å². The molecule has 1 N–H and O–H groups in total. The van der Waals surface area contributed by atoms with E-state index < -0.39 is 17.6 Å². The summed E-state index contributed by atoms with van der Waals surface area (Å²) in [6.45, 7) is 1.53. The molecule has 3 aromatic rings. The van der Waals surface area contributed by atoms with Gasteiger partial charge in [0.2, 0.25) is 5.91 Å². The number of carbonyl (C=O) groups is 1. The van der Waals surface area contributed by atoms with Crippen molar-refractivity contribution in [3.05, 3.63) is 69.3 Å². The molecule has 0 aliphatic rings. The van der Waals surface area contributed by atoms with Gasteiger partial charge >= 0.3 is 6.18 Å². The summed E-state index contributed by atoms with van der Waals surface area (Å²) >= 11 is 10.9. The van der Waals surface area contributed by atoms with Crippen LogP contribution in [-0.4, -0.2) is 15.7 Å². The van der Waals surface area contributed by atoms with Gasteiger partial charge in [-0.25, -0.2) is 4.68 Å². The van der Waals surface area contributed by atoms with Crippen molar-refractivity contribution in [2.24, 2.45) is 0 Å². The van der Waals surface area contributed by atoms with Crippen LogP contribution in [0.2, 0.25) is 5.02 Å². The SMILES string of the molecule is Cc1cccc(OCc2nn(CC(=O)Nc3cc(C(F)(F)F)ccc3Cl)c(=S)o2)c1. The highest BCUT2D eigenvalue weighted by molar-refractivity contribution is 7.71. The van der Waals surface area contributed by atoms with Gasteiger partial charge in [-0.15, -0.1) is 5.10 Å². The van der Waals surface area contributed by atoms with Crippen LogP contribution in [0.4, 0.5) is 18.9 Å². The molecule has 1 aromatic heterocycles. The van der Waals surface area contributed by atoms with Crippen LogP contribution in [0.15, 0.2) is 46.9 Å². The zero-order valence-corrected chi connectivity index (χ0v) is 17.1. The average Bonchev–Trinajstić information content (AvgIpc) is 3.00. The van der Waals surface area contributed by atoms with Crippen molar-refractivity contribution in [2.45, 2.75) is 26.3 Å². The smallest absolute Gasteiger partial charge is 0.416 e. The van der Waals surface area contributed by atoms with Gasteiger partial charge in [0, 0.05) is 0 Å². The number of aromatic nitrogens is 2. The summed E-state index contributed by atoms with van der Waals surface area (Å²) in [5, 5.41) is 6.34. The van der Waals surface area contributed by atoms with E-state index in [0.29, 0.717) is 5.75 Å². The predicted molar refractivity (Wildman–Crippen MR) is 106 cm³/mol. The highest BCUT2D eigenvalue weighted by Gasteiger charge is 2.31. The Kier molecular flexibility index (Phi) is 6.47. The maximum atomic E-state index is 12.8. The Bertz CT molecular complexity index is 1130. The molecule has 11 heteroatoms. The summed E-state index contributed by atoms with van der Waals surface area (Å²) in [6, 6.07) is 9.99. The molecule has 0 aliphatic heterocycles. The molecule has 6 nitrogen and oxygen atoms in total. The van der Waals surface area contributed by atoms with E-state index in [1.54, 1.807) is 6.07 Å². The molecule has 0 saturated heterocycles. The van der Waals surface area contributed by atoms with E-state index in [-0.39, 0.29) is 34.6 Å². The summed E-state index contributed by atoms with van der Waals surface area (Å²) in [5.41, 5.74) is -0.0887. The number of ether oxygens (including phenoxy) is 1. The molecule has 0 bridgehead atoms. The fourth-order valence-electron chi connectivity index (χ4n) is 2.48. The number of hydrogen-bond donors (Lipinski definition) is 1. The van der Waals surface area contributed by atoms with Crippen molar-refractivity contribution in [2.75, 3.05) is 5.32 Å². The number of amides is 1. The molecule has 0 aliphatic carbocycles. The van der Waals surface area contributed by atoms with Crippen molar-refractivity contribution in [1.29, 1.82) is 0 Å². The largest absolute Gasteiger partial charge is 0.484 e. The number of aryl methyl sites for hydroxylation is 1. The number of nitrogens with zero attached hydrogens (tertiary/aromatic N) is 2. The van der Waals surface area contributed by atoms with Crippen LogP contribution in [0.3, 0.4) is 0 Å². The summed E-state index contributed by atoms with van der Waals surface area (Å²) in [5.74, 6) is 0.0841. The first-order valence-corrected chi connectivity index (χ1v) is 9.33. The van der Waals surface area contributed by atoms with E-state index in [2.05, 4.69) is 10.4 Å². The molecule has 0 radical (unpaired) electrons. The predicted octanol–water partition coefficient (Wildman–Crippen LogP) is 5.40. The number of benzene rings is 2. The Morgan fingerprint density at radius 1 is 1.30 bits per heavy atom. The van der Waals surface area contributed by atoms with Crippen LogP contribution < -0.4 is 10.1 Å². The fourth-order valence-corrected chi connectivity index (χ4v) is 2.85. The highest BCUT2D eigenvalue weighted by Crippen LogP contribution is 2.33. The Labute approximate surface area is 179 Å². The first kappa shape index (κ1) is 21.8. The van der Waals surface area contributed by atoms with E-state index in [1.807, 2.05) is 25.1 Å². The zero-order chi connectivity index (χ0) is 21.9. The minimum Gasteiger partial charge on any atom is -0.484 e. The Balaban J connectivity index is 1.65. The van der Waals surface area contributed by atoms with Gasteiger partial charge in [0.25, 0.3) is 10.7 Å². The van der Waals surface area contributed by atoms with Crippen LogP contribution in [0.1, 0.15) is 17.0 Å². The molecule has 30 heavy (non-hydrogen) atoms.